The molecule has 4 heteroatoms. The van der Waals surface area contributed by atoms with Gasteiger partial charge >= 0.3 is 0 Å². The van der Waals surface area contributed by atoms with Gasteiger partial charge in [0.25, 0.3) is 0 Å². The minimum absolute atomic E-state index is 0.118. The molecule has 0 saturated carbocycles. The van der Waals surface area contributed by atoms with Gasteiger partial charge in [0.05, 0.1) is 5.60 Å². The highest BCUT2D eigenvalue weighted by Gasteiger charge is 2.21. The Kier molecular flexibility index (Phi) is 5.48. The van der Waals surface area contributed by atoms with Crippen molar-refractivity contribution in [1.82, 2.24) is 10.4 Å². The van der Waals surface area contributed by atoms with Crippen molar-refractivity contribution in [2.45, 2.75) is 31.9 Å². The third kappa shape index (κ3) is 5.99. The molecule has 0 aromatic carbocycles. The number of methoxy groups -OCH3 is 1. The summed E-state index contributed by atoms with van der Waals surface area (Å²) >= 11 is 0. The van der Waals surface area contributed by atoms with Gasteiger partial charge in [-0.25, -0.2) is 0 Å². The highest BCUT2D eigenvalue weighted by atomic mass is 16.5. The summed E-state index contributed by atoms with van der Waals surface area (Å²) in [6.07, 6.45) is 0.901. The Morgan fingerprint density at radius 3 is 2.31 bits per heavy atom. The van der Waals surface area contributed by atoms with Crippen molar-refractivity contribution in [3.8, 4) is 0 Å². The van der Waals surface area contributed by atoms with Crippen LogP contribution >= 0.6 is 0 Å². The van der Waals surface area contributed by atoms with Crippen LogP contribution in [0.2, 0.25) is 0 Å². The summed E-state index contributed by atoms with van der Waals surface area (Å²) in [6.45, 7) is 4.74. The van der Waals surface area contributed by atoms with Gasteiger partial charge in [-0.3, -0.25) is 10.4 Å². The number of nitrogens with one attached hydrogen (secondary N) is 1. The number of hydrazine groups is 1. The quantitative estimate of drug-likeness (QED) is 0.586. The fourth-order valence-electron chi connectivity index (χ4n) is 1.22. The maximum atomic E-state index is 5.64. The fraction of sp³-hybridized carbons (Fsp3) is 1.00. The van der Waals surface area contributed by atoms with E-state index in [2.05, 4.69) is 19.3 Å². The molecule has 1 atom stereocenters. The van der Waals surface area contributed by atoms with Gasteiger partial charge in [-0.15, -0.1) is 0 Å². The third-order valence-electron chi connectivity index (χ3n) is 2.02. The molecular weight excluding hydrogens is 166 g/mol. The number of nitrogens with zero attached hydrogens (tertiary/aromatic N) is 1. The number of hydrogen-bond acceptors (Lipinski definition) is 4. The molecule has 0 radical (unpaired) electrons. The zero-order valence-corrected chi connectivity index (χ0v) is 9.42. The van der Waals surface area contributed by atoms with Crippen molar-refractivity contribution < 1.29 is 4.74 Å². The zero-order chi connectivity index (χ0) is 10.5. The molecule has 0 aliphatic heterocycles. The minimum Gasteiger partial charge on any atom is -0.379 e. The molecule has 0 fully saturated rings. The summed E-state index contributed by atoms with van der Waals surface area (Å²) < 4.78 is 5.34. The predicted molar refractivity (Wildman–Crippen MR) is 55.4 cm³/mol. The van der Waals surface area contributed by atoms with E-state index in [9.17, 15) is 0 Å². The SMILES string of the molecule is COC(C)(C)CC(CN)NN(C)C. The van der Waals surface area contributed by atoms with E-state index in [1.807, 2.05) is 19.1 Å². The highest BCUT2D eigenvalue weighted by molar-refractivity contribution is 4.77. The van der Waals surface area contributed by atoms with Crippen LogP contribution in [-0.4, -0.2) is 44.4 Å². The Labute approximate surface area is 81.4 Å². The zero-order valence-electron chi connectivity index (χ0n) is 9.42. The Balaban J connectivity index is 3.97. The smallest absolute Gasteiger partial charge is 0.0638 e. The second-order valence-electron chi connectivity index (χ2n) is 4.12. The van der Waals surface area contributed by atoms with Gasteiger partial charge in [-0.2, -0.15) is 0 Å². The van der Waals surface area contributed by atoms with Crippen LogP contribution in [-0.2, 0) is 4.74 Å². The molecule has 0 heterocycles. The van der Waals surface area contributed by atoms with E-state index >= 15 is 0 Å². The molecule has 0 aromatic heterocycles. The minimum atomic E-state index is -0.118. The molecule has 0 saturated heterocycles. The van der Waals surface area contributed by atoms with Crippen molar-refractivity contribution in [2.24, 2.45) is 5.73 Å². The first-order valence-electron chi connectivity index (χ1n) is 4.60. The van der Waals surface area contributed by atoms with Crippen LogP contribution in [0.1, 0.15) is 20.3 Å². The molecule has 13 heavy (non-hydrogen) atoms. The topological polar surface area (TPSA) is 50.5 Å². The van der Waals surface area contributed by atoms with Gasteiger partial charge in [0.15, 0.2) is 0 Å². The van der Waals surface area contributed by atoms with Crippen LogP contribution in [0.25, 0.3) is 0 Å². The standard InChI is InChI=1S/C9H23N3O/c1-9(2,13-5)6-8(7-10)11-12(3)4/h8,11H,6-7,10H2,1-5H3. The van der Waals surface area contributed by atoms with Crippen LogP contribution in [0.3, 0.4) is 0 Å². The molecule has 0 spiro atoms. The second-order valence-corrected chi connectivity index (χ2v) is 4.12. The van der Waals surface area contributed by atoms with E-state index in [4.69, 9.17) is 10.5 Å². The van der Waals surface area contributed by atoms with Gasteiger partial charge in [-0.05, 0) is 20.3 Å². The van der Waals surface area contributed by atoms with E-state index in [0.29, 0.717) is 6.54 Å². The van der Waals surface area contributed by atoms with E-state index in [1.165, 1.54) is 0 Å². The molecule has 0 aromatic rings. The summed E-state index contributed by atoms with van der Waals surface area (Å²) in [5.74, 6) is 0. The van der Waals surface area contributed by atoms with Gasteiger partial charge < -0.3 is 10.5 Å². The van der Waals surface area contributed by atoms with E-state index in [1.54, 1.807) is 7.11 Å². The lowest BCUT2D eigenvalue weighted by Gasteiger charge is -2.30. The number of hydrogen-bond donors (Lipinski definition) is 2. The van der Waals surface area contributed by atoms with Crippen molar-refractivity contribution in [1.29, 1.82) is 0 Å². The summed E-state index contributed by atoms with van der Waals surface area (Å²) in [4.78, 5) is 0. The lowest BCUT2D eigenvalue weighted by Crippen LogP contribution is -2.47. The average molecular weight is 189 g/mol. The molecule has 3 N–H and O–H groups in total. The van der Waals surface area contributed by atoms with E-state index in [0.717, 1.165) is 6.42 Å². The van der Waals surface area contributed by atoms with Crippen LogP contribution in [0.5, 0.6) is 0 Å². The first kappa shape index (κ1) is 12.8. The Bertz CT molecular complexity index is 137. The molecular formula is C9H23N3O. The number of rotatable bonds is 6. The Morgan fingerprint density at radius 2 is 2.00 bits per heavy atom. The molecule has 0 aliphatic rings. The van der Waals surface area contributed by atoms with Gasteiger partial charge in [-0.1, -0.05) is 0 Å². The van der Waals surface area contributed by atoms with Crippen molar-refractivity contribution in [3.63, 3.8) is 0 Å². The molecule has 0 amide bonds. The van der Waals surface area contributed by atoms with Gasteiger partial charge in [0.2, 0.25) is 0 Å². The monoisotopic (exact) mass is 189 g/mol. The third-order valence-corrected chi connectivity index (χ3v) is 2.02. The molecule has 80 valence electrons. The number of ether oxygens (including phenoxy) is 1. The van der Waals surface area contributed by atoms with Crippen molar-refractivity contribution in [3.05, 3.63) is 0 Å². The molecule has 4 nitrogen and oxygen atoms in total. The van der Waals surface area contributed by atoms with E-state index < -0.39 is 0 Å². The van der Waals surface area contributed by atoms with E-state index in [-0.39, 0.29) is 11.6 Å². The molecule has 0 bridgehead atoms. The van der Waals surface area contributed by atoms with Crippen molar-refractivity contribution in [2.75, 3.05) is 27.7 Å². The molecule has 1 unspecified atom stereocenters. The second kappa shape index (κ2) is 5.54. The molecule has 0 aliphatic carbocycles. The largest absolute Gasteiger partial charge is 0.379 e. The molecule has 0 rings (SSSR count). The Morgan fingerprint density at radius 1 is 1.46 bits per heavy atom. The van der Waals surface area contributed by atoms with Crippen LogP contribution in [0.15, 0.2) is 0 Å². The summed E-state index contributed by atoms with van der Waals surface area (Å²) in [5, 5.41) is 1.92. The van der Waals surface area contributed by atoms with Gasteiger partial charge in [0, 0.05) is 33.8 Å². The summed E-state index contributed by atoms with van der Waals surface area (Å²) in [6, 6.07) is 0.268. The summed E-state index contributed by atoms with van der Waals surface area (Å²) in [5.41, 5.74) is 8.77. The first-order valence-corrected chi connectivity index (χ1v) is 4.60. The van der Waals surface area contributed by atoms with Gasteiger partial charge in [0.1, 0.15) is 0 Å². The van der Waals surface area contributed by atoms with Crippen LogP contribution < -0.4 is 11.2 Å². The maximum absolute atomic E-state index is 5.64. The predicted octanol–water partition coefficient (Wildman–Crippen LogP) is 0.195. The summed E-state index contributed by atoms with van der Waals surface area (Å²) in [7, 11) is 5.65. The van der Waals surface area contributed by atoms with Crippen molar-refractivity contribution >= 4 is 0 Å². The maximum Gasteiger partial charge on any atom is 0.0638 e. The normalized spacial score (nSPS) is 15.0. The Hall–Kier alpha value is -0.160. The lowest BCUT2D eigenvalue weighted by atomic mass is 9.99. The van der Waals surface area contributed by atoms with Crippen LogP contribution in [0.4, 0.5) is 0 Å². The first-order chi connectivity index (χ1) is 5.91. The lowest BCUT2D eigenvalue weighted by molar-refractivity contribution is 0.00212. The number of nitrogens with two attached hydrogens (primary N) is 1. The van der Waals surface area contributed by atoms with Crippen LogP contribution in [0, 0.1) is 0 Å². The average Bonchev–Trinajstić information content (AvgIpc) is 2.02. The highest BCUT2D eigenvalue weighted by Crippen LogP contribution is 2.14. The fourth-order valence-corrected chi connectivity index (χ4v) is 1.22.